The third-order valence-corrected chi connectivity index (χ3v) is 2.59. The molecule has 12 heavy (non-hydrogen) atoms. The van der Waals surface area contributed by atoms with Crippen LogP contribution in [0.4, 0.5) is 0 Å². The second-order valence-corrected chi connectivity index (χ2v) is 4.54. The molecule has 0 unspecified atom stereocenters. The first kappa shape index (κ1) is 12.5. The van der Waals surface area contributed by atoms with Crippen LogP contribution in [-0.4, -0.2) is 13.0 Å². The topological polar surface area (TPSA) is 57.2 Å². The van der Waals surface area contributed by atoms with Crippen molar-refractivity contribution in [3.63, 3.8) is 0 Å². The van der Waals surface area contributed by atoms with Crippen molar-refractivity contribution in [1.82, 2.24) is 0 Å². The van der Waals surface area contributed by atoms with Gasteiger partial charge in [0.25, 0.3) is 0 Å². The predicted octanol–water partition coefficient (Wildman–Crippen LogP) is -1.80. The van der Waals surface area contributed by atoms with Gasteiger partial charge in [0.2, 0.25) is 0 Å². The van der Waals surface area contributed by atoms with Gasteiger partial charge in [0.1, 0.15) is 10.1 Å². The molecule has 0 heterocycles. The van der Waals surface area contributed by atoms with Crippen LogP contribution in [0.1, 0.15) is 0 Å². The van der Waals surface area contributed by atoms with E-state index in [-0.39, 0.29) is 23.8 Å². The normalized spacial score (nSPS) is 10.5. The molecule has 0 amide bonds. The van der Waals surface area contributed by atoms with Gasteiger partial charge in [-0.15, -0.1) is 0 Å². The maximum atomic E-state index is 10.4. The molecule has 3 nitrogen and oxygen atoms in total. The number of benzene rings is 1. The van der Waals surface area contributed by atoms with Crippen LogP contribution in [0.5, 0.6) is 0 Å². The fourth-order valence-electron chi connectivity index (χ4n) is 0.623. The minimum atomic E-state index is -4.28. The number of halogens is 1. The molecule has 0 atom stereocenters. The van der Waals surface area contributed by atoms with Crippen LogP contribution in [0.15, 0.2) is 29.2 Å². The SMILES string of the molecule is O=S(=O)([O-])c1cccc(I)c1.[Li+]. The molecule has 0 saturated heterocycles. The molecule has 0 N–H and O–H groups in total. The molecule has 0 aliphatic rings. The minimum absolute atomic E-state index is 0. The number of rotatable bonds is 1. The van der Waals surface area contributed by atoms with E-state index in [4.69, 9.17) is 0 Å². The summed E-state index contributed by atoms with van der Waals surface area (Å²) in [5.74, 6) is 0. The Labute approximate surface area is 96.6 Å². The average molecular weight is 290 g/mol. The molecule has 0 radical (unpaired) electrons. The van der Waals surface area contributed by atoms with E-state index in [2.05, 4.69) is 0 Å². The maximum absolute atomic E-state index is 10.4. The molecule has 1 aromatic carbocycles. The van der Waals surface area contributed by atoms with Gasteiger partial charge in [0.05, 0.1) is 4.90 Å². The van der Waals surface area contributed by atoms with Crippen LogP contribution in [-0.2, 0) is 10.1 Å². The Morgan fingerprint density at radius 3 is 2.25 bits per heavy atom. The Hall–Kier alpha value is 0.457. The van der Waals surface area contributed by atoms with Gasteiger partial charge in [-0.25, -0.2) is 8.42 Å². The van der Waals surface area contributed by atoms with Crippen LogP contribution in [0.2, 0.25) is 0 Å². The van der Waals surface area contributed by atoms with Crippen LogP contribution in [0.3, 0.4) is 0 Å². The zero-order valence-corrected chi connectivity index (χ0v) is 9.29. The quantitative estimate of drug-likeness (QED) is 0.348. The summed E-state index contributed by atoms with van der Waals surface area (Å²) in [6.45, 7) is 0. The molecule has 1 aromatic rings. The third kappa shape index (κ3) is 3.45. The Morgan fingerprint density at radius 2 is 1.92 bits per heavy atom. The van der Waals surface area contributed by atoms with E-state index < -0.39 is 10.1 Å². The van der Waals surface area contributed by atoms with Crippen molar-refractivity contribution in [3.05, 3.63) is 27.8 Å². The summed E-state index contributed by atoms with van der Waals surface area (Å²) in [4.78, 5) is -0.176. The first-order valence-corrected chi connectivity index (χ1v) is 5.20. The fourth-order valence-corrected chi connectivity index (χ4v) is 1.89. The van der Waals surface area contributed by atoms with E-state index in [1.165, 1.54) is 18.2 Å². The van der Waals surface area contributed by atoms with E-state index >= 15 is 0 Å². The van der Waals surface area contributed by atoms with E-state index in [1.54, 1.807) is 6.07 Å². The van der Waals surface area contributed by atoms with Crippen LogP contribution < -0.4 is 18.9 Å². The van der Waals surface area contributed by atoms with Crippen LogP contribution >= 0.6 is 22.6 Å². The summed E-state index contributed by atoms with van der Waals surface area (Å²) < 4.78 is 32.0. The first-order valence-electron chi connectivity index (χ1n) is 2.71. The van der Waals surface area contributed by atoms with Gasteiger partial charge < -0.3 is 4.55 Å². The predicted molar refractivity (Wildman–Crippen MR) is 47.1 cm³/mol. The van der Waals surface area contributed by atoms with Gasteiger partial charge in [-0.05, 0) is 40.8 Å². The fraction of sp³-hybridized carbons (Fsp3) is 0. The molecule has 1 rings (SSSR count). The summed E-state index contributed by atoms with van der Waals surface area (Å²) in [5, 5.41) is 0. The Bertz CT molecular complexity index is 363. The molecule has 6 heteroatoms. The van der Waals surface area contributed by atoms with E-state index in [0.29, 0.717) is 0 Å². The van der Waals surface area contributed by atoms with Gasteiger partial charge in [0, 0.05) is 3.57 Å². The number of hydrogen-bond donors (Lipinski definition) is 0. The van der Waals surface area contributed by atoms with Crippen molar-refractivity contribution in [3.8, 4) is 0 Å². The number of hydrogen-bond acceptors (Lipinski definition) is 3. The Kier molecular flexibility index (Phi) is 4.80. The Morgan fingerprint density at radius 1 is 1.33 bits per heavy atom. The summed E-state index contributed by atoms with van der Waals surface area (Å²) in [7, 11) is -4.28. The molecule has 0 fully saturated rings. The molecule has 0 saturated carbocycles. The van der Waals surface area contributed by atoms with Crippen molar-refractivity contribution >= 4 is 32.7 Å². The summed E-state index contributed by atoms with van der Waals surface area (Å²) in [5.41, 5.74) is 0. The molecule has 60 valence electrons. The van der Waals surface area contributed by atoms with Gasteiger partial charge in [-0.3, -0.25) is 0 Å². The third-order valence-electron chi connectivity index (χ3n) is 1.08. The average Bonchev–Trinajstić information content (AvgIpc) is 1.86. The van der Waals surface area contributed by atoms with Crippen molar-refractivity contribution in [2.75, 3.05) is 0 Å². The molecule has 0 aromatic heterocycles. The van der Waals surface area contributed by atoms with E-state index in [1.807, 2.05) is 22.6 Å². The standard InChI is InChI=1S/C6H5IO3S.Li/c7-5-2-1-3-6(4-5)11(8,9)10;/h1-4H,(H,8,9,10);/q;+1/p-1. The summed E-state index contributed by atoms with van der Waals surface area (Å²) in [6.07, 6.45) is 0. The summed E-state index contributed by atoms with van der Waals surface area (Å²) in [6, 6.07) is 5.87. The summed E-state index contributed by atoms with van der Waals surface area (Å²) >= 11 is 1.94. The second kappa shape index (κ2) is 4.63. The maximum Gasteiger partial charge on any atom is 1.00 e. The van der Waals surface area contributed by atoms with Gasteiger partial charge in [-0.1, -0.05) is 6.07 Å². The van der Waals surface area contributed by atoms with Crippen molar-refractivity contribution in [1.29, 1.82) is 0 Å². The zero-order chi connectivity index (χ0) is 8.48. The zero-order valence-electron chi connectivity index (χ0n) is 6.32. The second-order valence-electron chi connectivity index (χ2n) is 1.91. The van der Waals surface area contributed by atoms with Crippen molar-refractivity contribution < 1.29 is 31.8 Å². The monoisotopic (exact) mass is 290 g/mol. The smallest absolute Gasteiger partial charge is 0.744 e. The van der Waals surface area contributed by atoms with E-state index in [9.17, 15) is 13.0 Å². The molecule has 0 spiro atoms. The minimum Gasteiger partial charge on any atom is -0.744 e. The van der Waals surface area contributed by atoms with Gasteiger partial charge in [0.15, 0.2) is 0 Å². The molecule has 0 aliphatic carbocycles. The molecular weight excluding hydrogens is 286 g/mol. The molecule has 0 bridgehead atoms. The molecule has 0 aliphatic heterocycles. The molecular formula is C6H4ILiO3S. The Balaban J connectivity index is 0.00000121. The van der Waals surface area contributed by atoms with Crippen molar-refractivity contribution in [2.45, 2.75) is 4.90 Å². The van der Waals surface area contributed by atoms with E-state index in [0.717, 1.165) is 3.57 Å². The van der Waals surface area contributed by atoms with Crippen LogP contribution in [0.25, 0.3) is 0 Å². The largest absolute Gasteiger partial charge is 1.00 e. The van der Waals surface area contributed by atoms with Gasteiger partial charge in [-0.2, -0.15) is 0 Å². The van der Waals surface area contributed by atoms with Crippen molar-refractivity contribution in [2.24, 2.45) is 0 Å². The van der Waals surface area contributed by atoms with Crippen LogP contribution in [0, 0.1) is 3.57 Å². The first-order chi connectivity index (χ1) is 5.00. The van der Waals surface area contributed by atoms with Gasteiger partial charge >= 0.3 is 18.9 Å².